The van der Waals surface area contributed by atoms with Gasteiger partial charge < -0.3 is 5.11 Å². The fraction of sp³-hybridized carbons (Fsp3) is 0.625. The summed E-state index contributed by atoms with van der Waals surface area (Å²) < 4.78 is 0. The van der Waals surface area contributed by atoms with Gasteiger partial charge in [-0.3, -0.25) is 14.9 Å². The molecule has 0 saturated heterocycles. The summed E-state index contributed by atoms with van der Waals surface area (Å²) in [6.45, 7) is 3.00. The van der Waals surface area contributed by atoms with Crippen molar-refractivity contribution in [2.24, 2.45) is 18.9 Å². The molecule has 1 aromatic rings. The Morgan fingerprint density at radius 1 is 1.38 bits per heavy atom. The van der Waals surface area contributed by atoms with Gasteiger partial charge in [0.1, 0.15) is 0 Å². The van der Waals surface area contributed by atoms with Crippen molar-refractivity contribution in [3.8, 4) is 0 Å². The zero-order chi connectivity index (χ0) is 12.3. The predicted octanol–water partition coefficient (Wildman–Crippen LogP) is -0.495. The van der Waals surface area contributed by atoms with Crippen LogP contribution in [-0.2, 0) is 16.6 Å². The first-order valence-corrected chi connectivity index (χ1v) is 4.69. The maximum Gasteiger partial charge on any atom is 0.307 e. The van der Waals surface area contributed by atoms with Crippen LogP contribution < -0.4 is 5.32 Å². The summed E-state index contributed by atoms with van der Waals surface area (Å²) in [5.74, 6) is -2.83. The van der Waals surface area contributed by atoms with Gasteiger partial charge in [0.25, 0.3) is 5.95 Å². The van der Waals surface area contributed by atoms with Crippen molar-refractivity contribution in [1.29, 1.82) is 0 Å². The summed E-state index contributed by atoms with van der Waals surface area (Å²) in [5, 5.41) is 22.0. The van der Waals surface area contributed by atoms with Crippen molar-refractivity contribution in [2.45, 2.75) is 13.8 Å². The number of carboxylic acid groups (broad SMARTS) is 1. The molecule has 0 aliphatic carbocycles. The van der Waals surface area contributed by atoms with E-state index in [2.05, 4.69) is 20.7 Å². The van der Waals surface area contributed by atoms with Crippen molar-refractivity contribution < 1.29 is 14.7 Å². The fourth-order valence-electron chi connectivity index (χ4n) is 0.999. The molecular formula is C8H13N5O3. The molecule has 0 bridgehead atoms. The molecule has 8 heteroatoms. The number of carbonyl (C=O) groups excluding carboxylic acids is 1. The second-order valence-electron chi connectivity index (χ2n) is 3.51. The van der Waals surface area contributed by atoms with Gasteiger partial charge in [0.05, 0.1) is 13.0 Å². The van der Waals surface area contributed by atoms with Crippen LogP contribution in [0.4, 0.5) is 5.95 Å². The minimum Gasteiger partial charge on any atom is -0.481 e. The lowest BCUT2D eigenvalue weighted by atomic mass is 9.95. The standard InChI is InChI=1S/C8H13N5O3/c1-4(5(2)7(15)16)6(14)9-8-10-12-13(3)11-8/h4-5H,1-3H3,(H,15,16)(H,9,11,14). The molecule has 0 aliphatic rings. The lowest BCUT2D eigenvalue weighted by molar-refractivity contribution is -0.145. The van der Waals surface area contributed by atoms with Gasteiger partial charge in [-0.2, -0.15) is 4.80 Å². The first-order valence-electron chi connectivity index (χ1n) is 4.69. The number of aryl methyl sites for hydroxylation is 1. The third-order valence-electron chi connectivity index (χ3n) is 2.30. The van der Waals surface area contributed by atoms with E-state index in [1.165, 1.54) is 18.6 Å². The maximum absolute atomic E-state index is 11.6. The molecule has 0 radical (unpaired) electrons. The van der Waals surface area contributed by atoms with E-state index in [0.29, 0.717) is 0 Å². The highest BCUT2D eigenvalue weighted by Gasteiger charge is 2.26. The van der Waals surface area contributed by atoms with Crippen molar-refractivity contribution in [3.63, 3.8) is 0 Å². The van der Waals surface area contributed by atoms with E-state index in [1.807, 2.05) is 0 Å². The van der Waals surface area contributed by atoms with E-state index in [4.69, 9.17) is 5.11 Å². The van der Waals surface area contributed by atoms with Crippen LogP contribution in [0.25, 0.3) is 0 Å². The molecule has 1 rings (SSSR count). The number of hydrogen-bond acceptors (Lipinski definition) is 5. The number of anilines is 1. The normalized spacial score (nSPS) is 14.2. The van der Waals surface area contributed by atoms with E-state index < -0.39 is 23.7 Å². The highest BCUT2D eigenvalue weighted by atomic mass is 16.4. The van der Waals surface area contributed by atoms with Gasteiger partial charge in [0, 0.05) is 5.92 Å². The topological polar surface area (TPSA) is 110 Å². The number of carboxylic acids is 1. The zero-order valence-corrected chi connectivity index (χ0v) is 9.21. The lowest BCUT2D eigenvalue weighted by Gasteiger charge is -2.13. The number of hydrogen-bond donors (Lipinski definition) is 2. The predicted molar refractivity (Wildman–Crippen MR) is 53.4 cm³/mol. The van der Waals surface area contributed by atoms with Crippen LogP contribution in [0.1, 0.15) is 13.8 Å². The third kappa shape index (κ3) is 2.75. The second-order valence-corrected chi connectivity index (χ2v) is 3.51. The number of aromatic nitrogens is 4. The van der Waals surface area contributed by atoms with E-state index in [-0.39, 0.29) is 5.95 Å². The molecule has 1 heterocycles. The Balaban J connectivity index is 2.62. The Bertz CT molecular complexity index is 402. The smallest absolute Gasteiger partial charge is 0.307 e. The summed E-state index contributed by atoms with van der Waals surface area (Å²) in [7, 11) is 1.56. The zero-order valence-electron chi connectivity index (χ0n) is 9.21. The van der Waals surface area contributed by atoms with Gasteiger partial charge in [-0.15, -0.1) is 5.10 Å². The van der Waals surface area contributed by atoms with Gasteiger partial charge in [0.2, 0.25) is 5.91 Å². The number of amides is 1. The molecule has 0 aromatic carbocycles. The summed E-state index contributed by atoms with van der Waals surface area (Å²) in [6, 6.07) is 0. The molecule has 2 atom stereocenters. The summed E-state index contributed by atoms with van der Waals surface area (Å²) in [5.41, 5.74) is 0. The van der Waals surface area contributed by atoms with Gasteiger partial charge in [-0.05, 0) is 5.21 Å². The number of carbonyl (C=O) groups is 2. The van der Waals surface area contributed by atoms with Gasteiger partial charge >= 0.3 is 5.97 Å². The van der Waals surface area contributed by atoms with Crippen LogP contribution in [0.5, 0.6) is 0 Å². The van der Waals surface area contributed by atoms with Crippen LogP contribution in [-0.4, -0.2) is 37.2 Å². The van der Waals surface area contributed by atoms with Crippen LogP contribution >= 0.6 is 0 Å². The summed E-state index contributed by atoms with van der Waals surface area (Å²) in [4.78, 5) is 23.4. The third-order valence-corrected chi connectivity index (χ3v) is 2.30. The van der Waals surface area contributed by atoms with Crippen LogP contribution in [0.2, 0.25) is 0 Å². The molecule has 88 valence electrons. The van der Waals surface area contributed by atoms with E-state index >= 15 is 0 Å². The van der Waals surface area contributed by atoms with E-state index in [0.717, 1.165) is 0 Å². The Kier molecular flexibility index (Phi) is 3.54. The number of tetrazole rings is 1. The number of nitrogens with zero attached hydrogens (tertiary/aromatic N) is 4. The van der Waals surface area contributed by atoms with E-state index in [9.17, 15) is 9.59 Å². The molecule has 2 unspecified atom stereocenters. The van der Waals surface area contributed by atoms with E-state index in [1.54, 1.807) is 7.05 Å². The lowest BCUT2D eigenvalue weighted by Crippen LogP contribution is -2.30. The quantitative estimate of drug-likeness (QED) is 0.717. The average molecular weight is 227 g/mol. The largest absolute Gasteiger partial charge is 0.481 e. The Morgan fingerprint density at radius 3 is 2.44 bits per heavy atom. The second kappa shape index (κ2) is 4.69. The Morgan fingerprint density at radius 2 is 2.00 bits per heavy atom. The number of aliphatic carboxylic acids is 1. The Hall–Kier alpha value is -1.99. The Labute approximate surface area is 91.6 Å². The van der Waals surface area contributed by atoms with Crippen LogP contribution in [0, 0.1) is 11.8 Å². The number of rotatable bonds is 4. The minimum absolute atomic E-state index is 0.0666. The van der Waals surface area contributed by atoms with Crippen molar-refractivity contribution in [2.75, 3.05) is 5.32 Å². The first kappa shape index (κ1) is 12.1. The summed E-state index contributed by atoms with van der Waals surface area (Å²) in [6.07, 6.45) is 0. The molecule has 0 saturated carbocycles. The van der Waals surface area contributed by atoms with Gasteiger partial charge in [-0.1, -0.05) is 18.9 Å². The highest BCUT2D eigenvalue weighted by molar-refractivity contribution is 5.93. The van der Waals surface area contributed by atoms with Crippen molar-refractivity contribution in [3.05, 3.63) is 0 Å². The minimum atomic E-state index is -1.02. The average Bonchev–Trinajstić information content (AvgIpc) is 2.61. The fourth-order valence-corrected chi connectivity index (χ4v) is 0.999. The summed E-state index contributed by atoms with van der Waals surface area (Å²) >= 11 is 0. The molecular weight excluding hydrogens is 214 g/mol. The van der Waals surface area contributed by atoms with Crippen LogP contribution in [0.15, 0.2) is 0 Å². The van der Waals surface area contributed by atoms with Gasteiger partial charge in [-0.25, -0.2) is 0 Å². The molecule has 0 aliphatic heterocycles. The highest BCUT2D eigenvalue weighted by Crippen LogP contribution is 2.12. The van der Waals surface area contributed by atoms with Crippen molar-refractivity contribution in [1.82, 2.24) is 20.2 Å². The molecule has 0 fully saturated rings. The molecule has 2 N–H and O–H groups in total. The molecule has 8 nitrogen and oxygen atoms in total. The molecule has 16 heavy (non-hydrogen) atoms. The van der Waals surface area contributed by atoms with Crippen LogP contribution in [0.3, 0.4) is 0 Å². The SMILES string of the molecule is CC(C(=O)O)C(C)C(=O)Nc1nnn(C)n1. The molecule has 1 amide bonds. The van der Waals surface area contributed by atoms with Crippen molar-refractivity contribution >= 4 is 17.8 Å². The molecule has 0 spiro atoms. The maximum atomic E-state index is 11.6. The molecule has 1 aromatic heterocycles. The van der Waals surface area contributed by atoms with Gasteiger partial charge in [0.15, 0.2) is 0 Å². The monoisotopic (exact) mass is 227 g/mol. The first-order chi connectivity index (χ1) is 7.41. The number of nitrogens with one attached hydrogen (secondary N) is 1.